The SMILES string of the molecule is Cc1ccc(-n2c(=O)c3c(n4c(SCCC(C)C)nnc24)-c2ccccc2CC32CCCCC2)cc1. The summed E-state index contributed by atoms with van der Waals surface area (Å²) in [6.45, 7) is 6.58. The van der Waals surface area contributed by atoms with Gasteiger partial charge < -0.3 is 0 Å². The summed E-state index contributed by atoms with van der Waals surface area (Å²) in [6, 6.07) is 16.9. The molecule has 36 heavy (non-hydrogen) atoms. The van der Waals surface area contributed by atoms with Crippen LogP contribution in [0, 0.1) is 12.8 Å². The second-order valence-corrected chi connectivity index (χ2v) is 12.1. The van der Waals surface area contributed by atoms with E-state index in [0.717, 1.165) is 59.1 Å². The van der Waals surface area contributed by atoms with E-state index in [2.05, 4.69) is 71.8 Å². The first-order valence-electron chi connectivity index (χ1n) is 13.3. The Morgan fingerprint density at radius 1 is 1.00 bits per heavy atom. The molecule has 2 heterocycles. The Bertz CT molecular complexity index is 1480. The van der Waals surface area contributed by atoms with Crippen LogP contribution in [0.2, 0.25) is 0 Å². The van der Waals surface area contributed by atoms with Gasteiger partial charge in [0.15, 0.2) is 5.16 Å². The van der Waals surface area contributed by atoms with Crippen LogP contribution >= 0.6 is 11.8 Å². The first-order valence-corrected chi connectivity index (χ1v) is 14.3. The molecule has 5 nitrogen and oxygen atoms in total. The van der Waals surface area contributed by atoms with Crippen LogP contribution < -0.4 is 5.56 Å². The highest BCUT2D eigenvalue weighted by Gasteiger charge is 2.44. The van der Waals surface area contributed by atoms with Crippen molar-refractivity contribution in [3.05, 3.63) is 75.6 Å². The summed E-state index contributed by atoms with van der Waals surface area (Å²) in [7, 11) is 0. The van der Waals surface area contributed by atoms with Gasteiger partial charge in [-0.05, 0) is 56.2 Å². The zero-order valence-electron chi connectivity index (χ0n) is 21.5. The predicted octanol–water partition coefficient (Wildman–Crippen LogP) is 6.75. The molecule has 2 aromatic heterocycles. The summed E-state index contributed by atoms with van der Waals surface area (Å²) in [5.74, 6) is 2.21. The highest BCUT2D eigenvalue weighted by molar-refractivity contribution is 7.99. The first kappa shape index (κ1) is 23.5. The normalized spacial score (nSPS) is 16.4. The largest absolute Gasteiger partial charge is 0.268 e. The maximum Gasteiger partial charge on any atom is 0.263 e. The Morgan fingerprint density at radius 2 is 1.75 bits per heavy atom. The topological polar surface area (TPSA) is 52.2 Å². The van der Waals surface area contributed by atoms with E-state index in [-0.39, 0.29) is 11.0 Å². The predicted molar refractivity (Wildman–Crippen MR) is 147 cm³/mol. The summed E-state index contributed by atoms with van der Waals surface area (Å²) in [6.07, 6.45) is 7.74. The van der Waals surface area contributed by atoms with Crippen molar-refractivity contribution in [2.24, 2.45) is 5.92 Å². The first-order chi connectivity index (χ1) is 17.5. The molecule has 4 aromatic rings. The zero-order valence-corrected chi connectivity index (χ0v) is 22.3. The zero-order chi connectivity index (χ0) is 24.9. The molecule has 2 aromatic carbocycles. The van der Waals surface area contributed by atoms with Crippen molar-refractivity contribution >= 4 is 17.5 Å². The van der Waals surface area contributed by atoms with Crippen LogP contribution in [0.4, 0.5) is 0 Å². The summed E-state index contributed by atoms with van der Waals surface area (Å²) in [5, 5.41) is 10.2. The number of aryl methyl sites for hydroxylation is 1. The Hall–Kier alpha value is -2.86. The molecular formula is C30H34N4OS. The third kappa shape index (κ3) is 3.81. The van der Waals surface area contributed by atoms with Gasteiger partial charge in [0, 0.05) is 22.3 Å². The molecule has 0 saturated heterocycles. The van der Waals surface area contributed by atoms with Gasteiger partial charge in [0.05, 0.1) is 11.4 Å². The van der Waals surface area contributed by atoms with Crippen molar-refractivity contribution in [2.75, 3.05) is 5.75 Å². The van der Waals surface area contributed by atoms with Crippen LogP contribution in [0.3, 0.4) is 0 Å². The molecule has 1 fully saturated rings. The highest BCUT2D eigenvalue weighted by atomic mass is 32.2. The van der Waals surface area contributed by atoms with Gasteiger partial charge in [0.2, 0.25) is 5.78 Å². The number of benzene rings is 2. The lowest BCUT2D eigenvalue weighted by atomic mass is 9.62. The molecular weight excluding hydrogens is 464 g/mol. The molecule has 1 saturated carbocycles. The average Bonchev–Trinajstić information content (AvgIpc) is 3.28. The minimum Gasteiger partial charge on any atom is -0.268 e. The lowest BCUT2D eigenvalue weighted by Crippen LogP contribution is -2.43. The molecule has 2 aliphatic carbocycles. The molecule has 6 rings (SSSR count). The minimum atomic E-state index is -0.135. The third-order valence-electron chi connectivity index (χ3n) is 8.05. The summed E-state index contributed by atoms with van der Waals surface area (Å²) < 4.78 is 4.03. The highest BCUT2D eigenvalue weighted by Crippen LogP contribution is 2.49. The quantitative estimate of drug-likeness (QED) is 0.286. The molecule has 0 unspecified atom stereocenters. The van der Waals surface area contributed by atoms with Gasteiger partial charge in [-0.1, -0.05) is 86.8 Å². The number of thioether (sulfide) groups is 1. The van der Waals surface area contributed by atoms with E-state index in [1.54, 1.807) is 11.8 Å². The maximum absolute atomic E-state index is 14.6. The number of aromatic nitrogens is 4. The van der Waals surface area contributed by atoms with E-state index in [1.807, 2.05) is 16.7 Å². The second kappa shape index (κ2) is 9.22. The third-order valence-corrected chi connectivity index (χ3v) is 9.02. The molecule has 0 atom stereocenters. The molecule has 2 aliphatic rings. The van der Waals surface area contributed by atoms with Crippen molar-refractivity contribution in [3.8, 4) is 16.9 Å². The molecule has 6 heteroatoms. The van der Waals surface area contributed by atoms with Crippen molar-refractivity contribution in [2.45, 2.75) is 76.3 Å². The number of fused-ring (bicyclic) bond motifs is 6. The van der Waals surface area contributed by atoms with Crippen LogP contribution in [0.5, 0.6) is 0 Å². The number of rotatable bonds is 5. The monoisotopic (exact) mass is 498 g/mol. The fraction of sp³-hybridized carbons (Fsp3) is 0.433. The Morgan fingerprint density at radius 3 is 2.50 bits per heavy atom. The van der Waals surface area contributed by atoms with E-state index < -0.39 is 0 Å². The van der Waals surface area contributed by atoms with Gasteiger partial charge in [0.25, 0.3) is 5.56 Å². The fourth-order valence-corrected chi connectivity index (χ4v) is 7.34. The van der Waals surface area contributed by atoms with Crippen LogP contribution in [-0.4, -0.2) is 24.9 Å². The summed E-state index contributed by atoms with van der Waals surface area (Å²) >= 11 is 1.75. The van der Waals surface area contributed by atoms with Gasteiger partial charge in [0.1, 0.15) is 0 Å². The van der Waals surface area contributed by atoms with E-state index >= 15 is 0 Å². The Balaban J connectivity index is 1.70. The molecule has 186 valence electrons. The Labute approximate surface area is 217 Å². The van der Waals surface area contributed by atoms with Crippen LogP contribution in [0.1, 0.15) is 69.1 Å². The van der Waals surface area contributed by atoms with Gasteiger partial charge in [-0.15, -0.1) is 10.2 Å². The fourth-order valence-electron chi connectivity index (χ4n) is 6.17. The van der Waals surface area contributed by atoms with Crippen LogP contribution in [-0.2, 0) is 11.8 Å². The van der Waals surface area contributed by atoms with Crippen molar-refractivity contribution in [1.29, 1.82) is 0 Å². The van der Waals surface area contributed by atoms with Gasteiger partial charge in [-0.2, -0.15) is 0 Å². The lowest BCUT2D eigenvalue weighted by molar-refractivity contribution is 0.284. The van der Waals surface area contributed by atoms with Crippen LogP contribution in [0.15, 0.2) is 58.5 Å². The number of hydrogen-bond acceptors (Lipinski definition) is 4. The van der Waals surface area contributed by atoms with Gasteiger partial charge in [-0.25, -0.2) is 4.57 Å². The summed E-state index contributed by atoms with van der Waals surface area (Å²) in [5.41, 5.74) is 6.46. The van der Waals surface area contributed by atoms with Gasteiger partial charge >= 0.3 is 0 Å². The minimum absolute atomic E-state index is 0.0730. The molecule has 0 radical (unpaired) electrons. The molecule has 0 N–H and O–H groups in total. The van der Waals surface area contributed by atoms with Crippen LogP contribution in [0.25, 0.3) is 22.7 Å². The van der Waals surface area contributed by atoms with E-state index in [4.69, 9.17) is 0 Å². The molecule has 0 bridgehead atoms. The van der Waals surface area contributed by atoms with Crippen molar-refractivity contribution < 1.29 is 0 Å². The molecule has 0 amide bonds. The standard InChI is InChI=1S/C30H34N4OS/c1-20(2)15-18-36-29-32-31-28-33(23-13-11-21(3)12-14-23)27(35)25-26(34(28)29)24-10-6-5-9-22(24)19-30(25)16-7-4-8-17-30/h5-6,9-14,20H,4,7-8,15-19H2,1-3H3. The van der Waals surface area contributed by atoms with E-state index in [9.17, 15) is 4.79 Å². The van der Waals surface area contributed by atoms with E-state index in [1.165, 1.54) is 30.4 Å². The smallest absolute Gasteiger partial charge is 0.263 e. The second-order valence-electron chi connectivity index (χ2n) is 11.0. The maximum atomic E-state index is 14.6. The number of hydrogen-bond donors (Lipinski definition) is 0. The Kier molecular flexibility index (Phi) is 6.03. The average molecular weight is 499 g/mol. The summed E-state index contributed by atoms with van der Waals surface area (Å²) in [4.78, 5) is 14.6. The van der Waals surface area contributed by atoms with E-state index in [0.29, 0.717) is 11.7 Å². The van der Waals surface area contributed by atoms with Crippen molar-refractivity contribution in [1.82, 2.24) is 19.2 Å². The lowest BCUT2D eigenvalue weighted by Gasteiger charge is -2.42. The molecule has 1 spiro atoms. The van der Waals surface area contributed by atoms with Crippen molar-refractivity contribution in [3.63, 3.8) is 0 Å². The van der Waals surface area contributed by atoms with Gasteiger partial charge in [-0.3, -0.25) is 9.20 Å². The molecule has 0 aliphatic heterocycles. The number of nitrogens with zero attached hydrogens (tertiary/aromatic N) is 4.